The number of hydrogen-bond donors (Lipinski definition) is 1. The zero-order valence-electron chi connectivity index (χ0n) is 19.6. The number of nitrogens with one attached hydrogen (secondary N) is 1. The maximum atomic E-state index is 13.7. The van der Waals surface area contributed by atoms with Crippen molar-refractivity contribution in [1.82, 2.24) is 4.98 Å². The Morgan fingerprint density at radius 3 is 2.43 bits per heavy atom. The van der Waals surface area contributed by atoms with Crippen LogP contribution in [0.1, 0.15) is 27.6 Å². The monoisotopic (exact) mass is 590 g/mol. The molecule has 5 aromatic rings. The van der Waals surface area contributed by atoms with Crippen LogP contribution in [0.15, 0.2) is 88.7 Å². The Labute approximate surface area is 231 Å². The Kier molecular flexibility index (Phi) is 7.37. The molecule has 0 spiro atoms. The second kappa shape index (κ2) is 10.8. The van der Waals surface area contributed by atoms with Crippen molar-refractivity contribution in [2.45, 2.75) is 6.92 Å². The Balaban J connectivity index is 1.57. The van der Waals surface area contributed by atoms with Gasteiger partial charge in [0.1, 0.15) is 10.6 Å². The van der Waals surface area contributed by atoms with Gasteiger partial charge in [0, 0.05) is 31.4 Å². The molecule has 0 saturated carbocycles. The highest BCUT2D eigenvalue weighted by molar-refractivity contribution is 9.10. The molecule has 3 aromatic carbocycles. The predicted molar refractivity (Wildman–Crippen MR) is 154 cm³/mol. The van der Waals surface area contributed by atoms with Crippen LogP contribution < -0.4 is 5.32 Å². The minimum Gasteiger partial charge on any atom is -0.462 e. The quantitative estimate of drug-likeness (QED) is 0.201. The third-order valence-corrected chi connectivity index (χ3v) is 7.43. The van der Waals surface area contributed by atoms with Gasteiger partial charge in [0.2, 0.25) is 0 Å². The van der Waals surface area contributed by atoms with Gasteiger partial charge in [-0.15, -0.1) is 11.3 Å². The van der Waals surface area contributed by atoms with Gasteiger partial charge in [0.25, 0.3) is 5.91 Å². The van der Waals surface area contributed by atoms with E-state index in [-0.39, 0.29) is 12.5 Å². The molecule has 0 aliphatic carbocycles. The first-order valence-corrected chi connectivity index (χ1v) is 13.5. The lowest BCUT2D eigenvalue weighted by Crippen LogP contribution is -2.15. The van der Waals surface area contributed by atoms with E-state index in [0.29, 0.717) is 43.3 Å². The minimum atomic E-state index is -0.501. The number of carbonyl (C=O) groups excluding carboxylic acids is 2. The number of esters is 1. The number of hydrogen-bond acceptors (Lipinski definition) is 5. The molecule has 0 fully saturated rings. The fraction of sp³-hybridized carbons (Fsp3) is 0.0690. The number of aromatic nitrogens is 1. The molecule has 0 aliphatic heterocycles. The fourth-order valence-electron chi connectivity index (χ4n) is 4.00. The summed E-state index contributed by atoms with van der Waals surface area (Å²) >= 11 is 10.8. The highest BCUT2D eigenvalue weighted by Crippen LogP contribution is 2.37. The van der Waals surface area contributed by atoms with E-state index < -0.39 is 5.97 Å². The van der Waals surface area contributed by atoms with Crippen LogP contribution in [0.5, 0.6) is 0 Å². The van der Waals surface area contributed by atoms with Crippen molar-refractivity contribution >= 4 is 66.6 Å². The number of benzene rings is 3. The first-order chi connectivity index (χ1) is 17.9. The maximum Gasteiger partial charge on any atom is 0.341 e. The van der Waals surface area contributed by atoms with E-state index in [9.17, 15) is 9.59 Å². The molecule has 1 amide bonds. The van der Waals surface area contributed by atoms with Gasteiger partial charge in [-0.3, -0.25) is 4.79 Å². The number of fused-ring (bicyclic) bond motifs is 1. The highest BCUT2D eigenvalue weighted by Gasteiger charge is 2.24. The van der Waals surface area contributed by atoms with E-state index in [1.807, 2.05) is 66.0 Å². The Bertz CT molecular complexity index is 1620. The van der Waals surface area contributed by atoms with Gasteiger partial charge in [0.15, 0.2) is 0 Å². The molecule has 8 heteroatoms. The summed E-state index contributed by atoms with van der Waals surface area (Å²) in [7, 11) is 0. The van der Waals surface area contributed by atoms with Crippen LogP contribution in [0, 0.1) is 0 Å². The first kappa shape index (κ1) is 25.1. The second-order valence-electron chi connectivity index (χ2n) is 8.11. The summed E-state index contributed by atoms with van der Waals surface area (Å²) in [6, 6.07) is 24.2. The summed E-state index contributed by atoms with van der Waals surface area (Å²) in [5.74, 6) is -0.842. The molecule has 5 rings (SSSR count). The number of thiophene rings is 1. The molecule has 2 heterocycles. The Morgan fingerprint density at radius 1 is 1.00 bits per heavy atom. The van der Waals surface area contributed by atoms with Crippen molar-refractivity contribution in [3.8, 4) is 22.4 Å². The van der Waals surface area contributed by atoms with Crippen molar-refractivity contribution in [3.05, 3.63) is 105 Å². The topological polar surface area (TPSA) is 68.3 Å². The summed E-state index contributed by atoms with van der Waals surface area (Å²) in [6.45, 7) is 1.96. The number of para-hydroxylation sites is 1. The number of nitrogens with zero attached hydrogens (tertiary/aromatic N) is 1. The average molecular weight is 592 g/mol. The number of pyridine rings is 1. The molecular weight excluding hydrogens is 572 g/mol. The molecule has 0 aliphatic rings. The normalized spacial score (nSPS) is 10.9. The fourth-order valence-corrected chi connectivity index (χ4v) is 5.34. The lowest BCUT2D eigenvalue weighted by molar-refractivity contribution is 0.0529. The summed E-state index contributed by atoms with van der Waals surface area (Å²) in [5, 5.41) is 6.53. The first-order valence-electron chi connectivity index (χ1n) is 11.5. The van der Waals surface area contributed by atoms with Gasteiger partial charge in [-0.05, 0) is 48.9 Å². The number of anilines is 1. The van der Waals surface area contributed by atoms with E-state index in [1.165, 1.54) is 11.3 Å². The van der Waals surface area contributed by atoms with Crippen LogP contribution in [0.3, 0.4) is 0 Å². The molecule has 0 atom stereocenters. The number of halogens is 2. The largest absolute Gasteiger partial charge is 0.462 e. The average Bonchev–Trinajstić information content (AvgIpc) is 3.32. The second-order valence-corrected chi connectivity index (χ2v) is 10.3. The molecule has 2 aromatic heterocycles. The van der Waals surface area contributed by atoms with Gasteiger partial charge in [-0.25, -0.2) is 9.78 Å². The number of amides is 1. The van der Waals surface area contributed by atoms with Gasteiger partial charge >= 0.3 is 5.97 Å². The Morgan fingerprint density at radius 2 is 1.70 bits per heavy atom. The molecule has 0 radical (unpaired) electrons. The van der Waals surface area contributed by atoms with E-state index in [0.717, 1.165) is 15.6 Å². The van der Waals surface area contributed by atoms with E-state index in [1.54, 1.807) is 25.1 Å². The van der Waals surface area contributed by atoms with Gasteiger partial charge < -0.3 is 10.1 Å². The van der Waals surface area contributed by atoms with Crippen molar-refractivity contribution in [2.75, 3.05) is 11.9 Å². The number of rotatable bonds is 6. The zero-order chi connectivity index (χ0) is 25.9. The van der Waals surface area contributed by atoms with Crippen LogP contribution >= 0.6 is 38.9 Å². The van der Waals surface area contributed by atoms with Gasteiger partial charge in [-0.2, -0.15) is 0 Å². The molecule has 0 saturated heterocycles. The van der Waals surface area contributed by atoms with Gasteiger partial charge in [0.05, 0.1) is 23.4 Å². The maximum absolute atomic E-state index is 13.7. The van der Waals surface area contributed by atoms with E-state index >= 15 is 0 Å². The van der Waals surface area contributed by atoms with Crippen LogP contribution in [0.2, 0.25) is 5.02 Å². The lowest BCUT2D eigenvalue weighted by Gasteiger charge is -2.12. The third-order valence-electron chi connectivity index (χ3n) is 5.75. The van der Waals surface area contributed by atoms with E-state index in [4.69, 9.17) is 21.3 Å². The molecule has 0 bridgehead atoms. The Hall–Kier alpha value is -3.52. The molecular formula is C29H20BrClN2O3S. The van der Waals surface area contributed by atoms with Crippen molar-refractivity contribution in [2.24, 2.45) is 0 Å². The minimum absolute atomic E-state index is 0.216. The highest BCUT2D eigenvalue weighted by atomic mass is 79.9. The molecule has 184 valence electrons. The molecule has 37 heavy (non-hydrogen) atoms. The number of carbonyl (C=O) groups is 2. The lowest BCUT2D eigenvalue weighted by atomic mass is 10.0. The standard InChI is InChI=1S/C29H20BrClN2O3S/c1-2-36-29(35)26-23(17-9-13-20(31)14-10-17)16-37-28(26)33-27(34)22-15-25(18-7-11-19(30)12-8-18)32-24-6-4-3-5-21(22)24/h3-16H,2H2,1H3,(H,33,34). The van der Waals surface area contributed by atoms with Crippen LogP contribution in [0.4, 0.5) is 5.00 Å². The smallest absolute Gasteiger partial charge is 0.341 e. The summed E-state index contributed by atoms with van der Waals surface area (Å²) in [4.78, 5) is 31.4. The molecule has 5 nitrogen and oxygen atoms in total. The molecule has 0 unspecified atom stereocenters. The van der Waals surface area contributed by atoms with Crippen LogP contribution in [-0.4, -0.2) is 23.5 Å². The summed E-state index contributed by atoms with van der Waals surface area (Å²) in [5.41, 5.74) is 4.51. The zero-order valence-corrected chi connectivity index (χ0v) is 22.8. The van der Waals surface area contributed by atoms with Crippen LogP contribution in [-0.2, 0) is 4.74 Å². The van der Waals surface area contributed by atoms with Gasteiger partial charge in [-0.1, -0.05) is 70.0 Å². The van der Waals surface area contributed by atoms with E-state index in [2.05, 4.69) is 21.2 Å². The van der Waals surface area contributed by atoms with Crippen molar-refractivity contribution in [3.63, 3.8) is 0 Å². The molecule has 1 N–H and O–H groups in total. The predicted octanol–water partition coefficient (Wildman–Crippen LogP) is 8.48. The van der Waals surface area contributed by atoms with Crippen molar-refractivity contribution in [1.29, 1.82) is 0 Å². The summed E-state index contributed by atoms with van der Waals surface area (Å²) in [6.07, 6.45) is 0. The van der Waals surface area contributed by atoms with Crippen LogP contribution in [0.25, 0.3) is 33.3 Å². The number of ether oxygens (including phenoxy) is 1. The SMILES string of the molecule is CCOC(=O)c1c(-c2ccc(Cl)cc2)csc1NC(=O)c1cc(-c2ccc(Br)cc2)nc2ccccc12. The summed E-state index contributed by atoms with van der Waals surface area (Å²) < 4.78 is 6.29. The van der Waals surface area contributed by atoms with Crippen molar-refractivity contribution < 1.29 is 14.3 Å². The third kappa shape index (κ3) is 5.30.